The summed E-state index contributed by atoms with van der Waals surface area (Å²) in [5, 5.41) is 1.31. The highest BCUT2D eigenvalue weighted by molar-refractivity contribution is 8.79. The molecule has 0 saturated carbocycles. The first-order valence-corrected chi connectivity index (χ1v) is 11.1. The number of hydrogen-bond acceptors (Lipinski definition) is 4. The fourth-order valence-electron chi connectivity index (χ4n) is 1.64. The summed E-state index contributed by atoms with van der Waals surface area (Å²) in [7, 11) is 3.89. The molecular formula is C14H26S4. The maximum absolute atomic E-state index is 2.27. The summed E-state index contributed by atoms with van der Waals surface area (Å²) >= 11 is 3.91. The van der Waals surface area contributed by atoms with E-state index in [9.17, 15) is 0 Å². The Kier molecular flexibility index (Phi) is 12.3. The quantitative estimate of drug-likeness (QED) is 0.446. The highest BCUT2D eigenvalue weighted by Crippen LogP contribution is 2.44. The zero-order valence-corrected chi connectivity index (χ0v) is 15.6. The Bertz CT molecular complexity index is 235. The molecule has 0 aliphatic rings. The summed E-state index contributed by atoms with van der Waals surface area (Å²) in [6.07, 6.45) is 11.4. The average Bonchev–Trinajstić information content (AvgIpc) is 2.42. The van der Waals surface area contributed by atoms with Crippen molar-refractivity contribution >= 4 is 45.1 Å². The molecule has 0 rings (SSSR count). The van der Waals surface area contributed by atoms with Crippen LogP contribution < -0.4 is 0 Å². The molecular weight excluding hydrogens is 296 g/mol. The smallest absolute Gasteiger partial charge is 0.0356 e. The molecule has 0 aliphatic heterocycles. The van der Waals surface area contributed by atoms with Crippen LogP contribution in [0.25, 0.3) is 0 Å². The van der Waals surface area contributed by atoms with E-state index in [1.165, 1.54) is 22.7 Å². The monoisotopic (exact) mass is 322 g/mol. The molecule has 0 aromatic rings. The van der Waals surface area contributed by atoms with Crippen LogP contribution in [0.5, 0.6) is 0 Å². The summed E-state index contributed by atoms with van der Waals surface area (Å²) in [6, 6.07) is 0. The predicted octanol–water partition coefficient (Wildman–Crippen LogP) is 6.46. The molecule has 2 atom stereocenters. The lowest BCUT2D eigenvalue weighted by atomic mass is 10.3. The van der Waals surface area contributed by atoms with Gasteiger partial charge in [-0.2, -0.15) is 23.5 Å². The number of allylic oxidation sites excluding steroid dienone is 2. The third-order valence-electron chi connectivity index (χ3n) is 2.75. The van der Waals surface area contributed by atoms with Crippen molar-refractivity contribution in [1.82, 2.24) is 0 Å². The SMILES string of the molecule is CC=C(SSC(=CC)C(CC)SC)C(CC)SC. The number of hydrogen-bond donors (Lipinski definition) is 0. The van der Waals surface area contributed by atoms with Crippen molar-refractivity contribution in [3.8, 4) is 0 Å². The Morgan fingerprint density at radius 1 is 0.833 bits per heavy atom. The molecule has 0 aromatic heterocycles. The van der Waals surface area contributed by atoms with E-state index in [2.05, 4.69) is 52.4 Å². The Balaban J connectivity index is 4.52. The van der Waals surface area contributed by atoms with Crippen molar-refractivity contribution < 1.29 is 0 Å². The normalized spacial score (nSPS) is 16.8. The molecule has 0 aliphatic carbocycles. The molecule has 4 heteroatoms. The van der Waals surface area contributed by atoms with Gasteiger partial charge in [-0.25, -0.2) is 0 Å². The number of thioether (sulfide) groups is 2. The van der Waals surface area contributed by atoms with Crippen LogP contribution in [-0.2, 0) is 0 Å². The van der Waals surface area contributed by atoms with E-state index >= 15 is 0 Å². The molecule has 0 nitrogen and oxygen atoms in total. The van der Waals surface area contributed by atoms with Gasteiger partial charge in [-0.05, 0) is 39.2 Å². The zero-order chi connectivity index (χ0) is 14.0. The Morgan fingerprint density at radius 2 is 1.17 bits per heavy atom. The van der Waals surface area contributed by atoms with Crippen molar-refractivity contribution in [2.24, 2.45) is 0 Å². The first-order chi connectivity index (χ1) is 8.68. The summed E-state index contributed by atoms with van der Waals surface area (Å²) in [5.74, 6) is 0. The van der Waals surface area contributed by atoms with Gasteiger partial charge in [0.15, 0.2) is 0 Å². The van der Waals surface area contributed by atoms with E-state index in [0.717, 1.165) is 0 Å². The molecule has 2 unspecified atom stereocenters. The van der Waals surface area contributed by atoms with E-state index in [4.69, 9.17) is 0 Å². The zero-order valence-electron chi connectivity index (χ0n) is 12.4. The average molecular weight is 323 g/mol. The van der Waals surface area contributed by atoms with E-state index in [-0.39, 0.29) is 0 Å². The van der Waals surface area contributed by atoms with Gasteiger partial charge in [0.05, 0.1) is 0 Å². The molecule has 0 bridgehead atoms. The van der Waals surface area contributed by atoms with Crippen molar-refractivity contribution in [2.75, 3.05) is 12.5 Å². The summed E-state index contributed by atoms with van der Waals surface area (Å²) in [5.41, 5.74) is 0. The van der Waals surface area contributed by atoms with Crippen LogP contribution >= 0.6 is 45.1 Å². The maximum Gasteiger partial charge on any atom is 0.0356 e. The van der Waals surface area contributed by atoms with Gasteiger partial charge in [0.2, 0.25) is 0 Å². The maximum atomic E-state index is 2.27. The van der Waals surface area contributed by atoms with E-state index in [1.807, 2.05) is 45.1 Å². The third kappa shape index (κ3) is 6.36. The largest absolute Gasteiger partial charge is 0.157 e. The van der Waals surface area contributed by atoms with Crippen molar-refractivity contribution in [2.45, 2.75) is 51.0 Å². The molecule has 0 amide bonds. The highest BCUT2D eigenvalue weighted by atomic mass is 33.1. The first kappa shape index (κ1) is 18.9. The minimum Gasteiger partial charge on any atom is -0.157 e. The molecule has 106 valence electrons. The Labute approximate surface area is 130 Å². The van der Waals surface area contributed by atoms with Crippen LogP contribution in [0, 0.1) is 0 Å². The van der Waals surface area contributed by atoms with Gasteiger partial charge in [-0.3, -0.25) is 0 Å². The van der Waals surface area contributed by atoms with Crippen LogP contribution in [0.4, 0.5) is 0 Å². The summed E-state index contributed by atoms with van der Waals surface area (Å²) < 4.78 is 0. The summed E-state index contributed by atoms with van der Waals surface area (Å²) in [4.78, 5) is 3.01. The lowest BCUT2D eigenvalue weighted by Gasteiger charge is -2.19. The van der Waals surface area contributed by atoms with Gasteiger partial charge in [-0.1, -0.05) is 47.6 Å². The van der Waals surface area contributed by atoms with E-state index < -0.39 is 0 Å². The third-order valence-corrected chi connectivity index (χ3v) is 8.27. The minimum atomic E-state index is 0.653. The van der Waals surface area contributed by atoms with Crippen LogP contribution in [0.3, 0.4) is 0 Å². The second-order valence-corrected chi connectivity index (χ2v) is 8.17. The van der Waals surface area contributed by atoms with Gasteiger partial charge in [0, 0.05) is 20.3 Å². The molecule has 0 saturated heterocycles. The molecule has 18 heavy (non-hydrogen) atoms. The lowest BCUT2D eigenvalue weighted by molar-refractivity contribution is 0.966. The Hall–Kier alpha value is 0.880. The van der Waals surface area contributed by atoms with E-state index in [1.54, 1.807) is 0 Å². The standard InChI is InChI=1S/C14H26S4/c1-7-11(15-5)13(9-3)17-18-14(10-4)12(8-2)16-6/h9-12H,7-8H2,1-6H3. The van der Waals surface area contributed by atoms with E-state index in [0.29, 0.717) is 10.5 Å². The van der Waals surface area contributed by atoms with Gasteiger partial charge in [0.1, 0.15) is 0 Å². The first-order valence-electron chi connectivity index (χ1n) is 6.40. The molecule has 0 heterocycles. The molecule has 0 spiro atoms. The number of rotatable bonds is 9. The minimum absolute atomic E-state index is 0.653. The topological polar surface area (TPSA) is 0 Å². The molecule has 0 fully saturated rings. The second kappa shape index (κ2) is 11.7. The van der Waals surface area contributed by atoms with Crippen LogP contribution in [0.1, 0.15) is 40.5 Å². The fourth-order valence-corrected chi connectivity index (χ4v) is 7.06. The highest BCUT2D eigenvalue weighted by Gasteiger charge is 2.15. The van der Waals surface area contributed by atoms with Gasteiger partial charge in [-0.15, -0.1) is 0 Å². The summed E-state index contributed by atoms with van der Waals surface area (Å²) in [6.45, 7) is 8.85. The predicted molar refractivity (Wildman–Crippen MR) is 97.9 cm³/mol. The van der Waals surface area contributed by atoms with Crippen LogP contribution in [0.2, 0.25) is 0 Å². The van der Waals surface area contributed by atoms with Crippen molar-refractivity contribution in [3.63, 3.8) is 0 Å². The van der Waals surface area contributed by atoms with Gasteiger partial charge >= 0.3 is 0 Å². The Morgan fingerprint density at radius 3 is 1.33 bits per heavy atom. The second-order valence-electron chi connectivity index (χ2n) is 3.81. The molecule has 0 N–H and O–H groups in total. The van der Waals surface area contributed by atoms with Gasteiger partial charge < -0.3 is 0 Å². The van der Waals surface area contributed by atoms with Crippen molar-refractivity contribution in [3.05, 3.63) is 22.0 Å². The lowest BCUT2D eigenvalue weighted by Crippen LogP contribution is -2.03. The van der Waals surface area contributed by atoms with Crippen molar-refractivity contribution in [1.29, 1.82) is 0 Å². The fraction of sp³-hybridized carbons (Fsp3) is 0.714. The van der Waals surface area contributed by atoms with Crippen LogP contribution in [-0.4, -0.2) is 23.0 Å². The van der Waals surface area contributed by atoms with Crippen LogP contribution in [0.15, 0.2) is 22.0 Å². The molecule has 0 radical (unpaired) electrons. The van der Waals surface area contributed by atoms with Gasteiger partial charge in [0.25, 0.3) is 0 Å². The molecule has 0 aromatic carbocycles.